The molecule has 0 saturated carbocycles. The Balaban J connectivity index is 2.23. The molecule has 0 bridgehead atoms. The van der Waals surface area contributed by atoms with Crippen LogP contribution in [0.2, 0.25) is 5.02 Å². The zero-order valence-corrected chi connectivity index (χ0v) is 15.3. The molecule has 0 spiro atoms. The Hall–Kier alpha value is -1.89. The second kappa shape index (κ2) is 6.55. The molecule has 3 rings (SSSR count). The zero-order valence-electron chi connectivity index (χ0n) is 12.9. The van der Waals surface area contributed by atoms with Crippen LogP contribution in [0.5, 0.6) is 0 Å². The van der Waals surface area contributed by atoms with Gasteiger partial charge in [0.1, 0.15) is 0 Å². The van der Waals surface area contributed by atoms with Crippen LogP contribution in [0.3, 0.4) is 0 Å². The summed E-state index contributed by atoms with van der Waals surface area (Å²) in [4.78, 5) is 0.571. The van der Waals surface area contributed by atoms with Crippen LogP contribution in [0.4, 0.5) is 0 Å². The van der Waals surface area contributed by atoms with Gasteiger partial charge in [0.15, 0.2) is 0 Å². The molecular formula is C17H15ClN2O2S2. The van der Waals surface area contributed by atoms with E-state index < -0.39 is 10.0 Å². The molecule has 124 valence electrons. The summed E-state index contributed by atoms with van der Waals surface area (Å²) in [6.07, 6.45) is 1.71. The van der Waals surface area contributed by atoms with E-state index in [4.69, 9.17) is 11.6 Å². The highest BCUT2D eigenvalue weighted by Gasteiger charge is 2.14. The number of aryl methyl sites for hydroxylation is 1. The third-order valence-electron chi connectivity index (χ3n) is 3.47. The highest BCUT2D eigenvalue weighted by Crippen LogP contribution is 2.22. The van der Waals surface area contributed by atoms with Gasteiger partial charge in [-0.05, 0) is 37.3 Å². The van der Waals surface area contributed by atoms with E-state index in [1.54, 1.807) is 42.5 Å². The van der Waals surface area contributed by atoms with Gasteiger partial charge in [-0.3, -0.25) is 0 Å². The van der Waals surface area contributed by atoms with Crippen LogP contribution in [0, 0.1) is 6.92 Å². The lowest BCUT2D eigenvalue weighted by Gasteiger charge is -2.02. The van der Waals surface area contributed by atoms with Crippen molar-refractivity contribution in [3.8, 4) is 0 Å². The van der Waals surface area contributed by atoms with E-state index in [0.717, 1.165) is 15.8 Å². The van der Waals surface area contributed by atoms with Gasteiger partial charge in [-0.25, -0.2) is 0 Å². The molecule has 4 nitrogen and oxygen atoms in total. The average molecular weight is 379 g/mol. The van der Waals surface area contributed by atoms with Crippen LogP contribution in [0.1, 0.15) is 5.56 Å². The van der Waals surface area contributed by atoms with E-state index in [0.29, 0.717) is 16.4 Å². The van der Waals surface area contributed by atoms with E-state index in [9.17, 15) is 8.42 Å². The Kier molecular flexibility index (Phi) is 4.62. The molecule has 0 amide bonds. The van der Waals surface area contributed by atoms with Crippen molar-refractivity contribution in [3.05, 3.63) is 70.5 Å². The van der Waals surface area contributed by atoms with Crippen molar-refractivity contribution in [1.29, 1.82) is 0 Å². The van der Waals surface area contributed by atoms with Gasteiger partial charge < -0.3 is 4.57 Å². The van der Waals surface area contributed by atoms with Crippen molar-refractivity contribution >= 4 is 43.2 Å². The molecule has 0 aliphatic rings. The summed E-state index contributed by atoms with van der Waals surface area (Å²) in [5.74, 6) is 0. The van der Waals surface area contributed by atoms with Crippen molar-refractivity contribution in [3.63, 3.8) is 0 Å². The molecule has 0 aliphatic carbocycles. The van der Waals surface area contributed by atoms with Gasteiger partial charge in [0.2, 0.25) is 4.80 Å². The van der Waals surface area contributed by atoms with Crippen LogP contribution >= 0.6 is 22.9 Å². The van der Waals surface area contributed by atoms with Gasteiger partial charge in [-0.1, -0.05) is 46.7 Å². The van der Waals surface area contributed by atoms with Crippen LogP contribution < -0.4 is 4.80 Å². The Bertz CT molecular complexity index is 1080. The van der Waals surface area contributed by atoms with E-state index in [1.807, 2.05) is 17.6 Å². The maximum absolute atomic E-state index is 12.6. The molecule has 0 unspecified atom stereocenters. The van der Waals surface area contributed by atoms with Gasteiger partial charge in [0.05, 0.1) is 15.1 Å². The number of allylic oxidation sites excluding steroid dienone is 1. The zero-order chi connectivity index (χ0) is 17.3. The van der Waals surface area contributed by atoms with Gasteiger partial charge >= 0.3 is 0 Å². The van der Waals surface area contributed by atoms with Gasteiger partial charge in [-0.2, -0.15) is 8.42 Å². The summed E-state index contributed by atoms with van der Waals surface area (Å²) < 4.78 is 31.9. The summed E-state index contributed by atoms with van der Waals surface area (Å²) in [5.41, 5.74) is 1.87. The molecule has 2 aromatic carbocycles. The highest BCUT2D eigenvalue weighted by molar-refractivity contribution is 7.90. The quantitative estimate of drug-likeness (QED) is 0.640. The third-order valence-corrected chi connectivity index (χ3v) is 6.15. The second-order valence-corrected chi connectivity index (χ2v) is 8.33. The van der Waals surface area contributed by atoms with Crippen molar-refractivity contribution in [2.24, 2.45) is 4.40 Å². The first-order valence-corrected chi connectivity index (χ1v) is 9.81. The summed E-state index contributed by atoms with van der Waals surface area (Å²) in [5, 5.41) is 0.599. The van der Waals surface area contributed by atoms with E-state index in [1.165, 1.54) is 11.3 Å². The number of thiazole rings is 1. The Labute approximate surface area is 149 Å². The molecule has 0 N–H and O–H groups in total. The molecule has 0 fully saturated rings. The summed E-state index contributed by atoms with van der Waals surface area (Å²) in [6, 6.07) is 12.1. The molecule has 7 heteroatoms. The minimum atomic E-state index is -3.78. The first-order valence-electron chi connectivity index (χ1n) is 7.18. The molecule has 0 atom stereocenters. The Morgan fingerprint density at radius 1 is 1.25 bits per heavy atom. The van der Waals surface area contributed by atoms with Gasteiger partial charge in [0.25, 0.3) is 10.0 Å². The van der Waals surface area contributed by atoms with E-state index in [-0.39, 0.29) is 4.90 Å². The first-order chi connectivity index (χ1) is 11.4. The van der Waals surface area contributed by atoms with Crippen LogP contribution in [0.15, 0.2) is 64.4 Å². The molecule has 24 heavy (non-hydrogen) atoms. The molecule has 3 aromatic rings. The lowest BCUT2D eigenvalue weighted by atomic mass is 10.2. The van der Waals surface area contributed by atoms with Crippen LogP contribution in [-0.4, -0.2) is 13.0 Å². The first kappa shape index (κ1) is 17.0. The fraction of sp³-hybridized carbons (Fsp3) is 0.118. The van der Waals surface area contributed by atoms with Crippen molar-refractivity contribution in [1.82, 2.24) is 4.57 Å². The van der Waals surface area contributed by atoms with Gasteiger partial charge in [-0.15, -0.1) is 11.0 Å². The maximum Gasteiger partial charge on any atom is 0.285 e. The number of hydrogen-bond donors (Lipinski definition) is 0. The number of fused-ring (bicyclic) bond motifs is 1. The van der Waals surface area contributed by atoms with Crippen LogP contribution in [0.25, 0.3) is 10.2 Å². The number of aromatic nitrogens is 1. The second-order valence-electron chi connectivity index (χ2n) is 5.28. The number of nitrogens with zero attached hydrogens (tertiary/aromatic N) is 2. The molecule has 0 radical (unpaired) electrons. The Morgan fingerprint density at radius 2 is 1.96 bits per heavy atom. The fourth-order valence-electron chi connectivity index (χ4n) is 2.29. The minimum Gasteiger partial charge on any atom is -0.312 e. The van der Waals surface area contributed by atoms with Crippen molar-refractivity contribution in [2.45, 2.75) is 18.4 Å². The number of sulfonamides is 1. The predicted octanol–water partition coefficient (Wildman–Crippen LogP) is 4.14. The number of hydrogen-bond acceptors (Lipinski definition) is 3. The molecule has 0 saturated heterocycles. The smallest absolute Gasteiger partial charge is 0.285 e. The normalized spacial score (nSPS) is 12.7. The number of halogens is 1. The summed E-state index contributed by atoms with van der Waals surface area (Å²) >= 11 is 7.32. The lowest BCUT2D eigenvalue weighted by Crippen LogP contribution is -2.16. The average Bonchev–Trinajstić information content (AvgIpc) is 2.84. The van der Waals surface area contributed by atoms with Crippen molar-refractivity contribution in [2.75, 3.05) is 0 Å². The molecule has 1 aromatic heterocycles. The Morgan fingerprint density at radius 3 is 2.62 bits per heavy atom. The largest absolute Gasteiger partial charge is 0.312 e. The number of benzene rings is 2. The maximum atomic E-state index is 12.6. The van der Waals surface area contributed by atoms with Crippen molar-refractivity contribution < 1.29 is 8.42 Å². The highest BCUT2D eigenvalue weighted by atomic mass is 35.5. The number of rotatable bonds is 4. The van der Waals surface area contributed by atoms with Crippen LogP contribution in [-0.2, 0) is 16.6 Å². The standard InChI is InChI=1S/C17H15ClN2O2S2/c1-3-10-20-15-9-6-13(18)11-16(15)23-17(20)19-24(21,22)14-7-4-12(2)5-8-14/h3-9,11H,1,10H2,2H3. The lowest BCUT2D eigenvalue weighted by molar-refractivity contribution is 0.596. The third kappa shape index (κ3) is 3.31. The van der Waals surface area contributed by atoms with E-state index >= 15 is 0 Å². The molecule has 0 aliphatic heterocycles. The SMILES string of the molecule is C=CCn1c(=NS(=O)(=O)c2ccc(C)cc2)sc2cc(Cl)ccc21. The molecule has 1 heterocycles. The monoisotopic (exact) mass is 378 g/mol. The minimum absolute atomic E-state index is 0.175. The summed E-state index contributed by atoms with van der Waals surface area (Å²) in [6.45, 7) is 6.10. The molecular weight excluding hydrogens is 364 g/mol. The fourth-order valence-corrected chi connectivity index (χ4v) is 4.81. The van der Waals surface area contributed by atoms with Gasteiger partial charge in [0, 0.05) is 11.6 Å². The topological polar surface area (TPSA) is 51.4 Å². The summed E-state index contributed by atoms with van der Waals surface area (Å²) in [7, 11) is -3.78. The predicted molar refractivity (Wildman–Crippen MR) is 98.9 cm³/mol. The van der Waals surface area contributed by atoms with E-state index in [2.05, 4.69) is 11.0 Å².